The van der Waals surface area contributed by atoms with Crippen LogP contribution in [0.3, 0.4) is 0 Å². The summed E-state index contributed by atoms with van der Waals surface area (Å²) in [6.45, 7) is 2.85. The van der Waals surface area contributed by atoms with Gasteiger partial charge in [-0.1, -0.05) is 25.8 Å². The zero-order chi connectivity index (χ0) is 13.8. The van der Waals surface area contributed by atoms with Crippen molar-refractivity contribution in [2.24, 2.45) is 5.92 Å². The average Bonchev–Trinajstić information content (AvgIpc) is 2.36. The summed E-state index contributed by atoms with van der Waals surface area (Å²) in [6, 6.07) is 4.80. The highest BCUT2D eigenvalue weighted by molar-refractivity contribution is 5.87. The second-order valence-electron chi connectivity index (χ2n) is 5.47. The molecular formula is C15H20FNO2. The minimum absolute atomic E-state index is 0.268. The molecule has 2 unspecified atom stereocenters. The molecule has 3 nitrogen and oxygen atoms in total. The number of hydrogen-bond donors (Lipinski definition) is 2. The highest BCUT2D eigenvalue weighted by atomic mass is 19.1. The van der Waals surface area contributed by atoms with E-state index in [1.165, 1.54) is 31.4 Å². The van der Waals surface area contributed by atoms with E-state index < -0.39 is 11.8 Å². The van der Waals surface area contributed by atoms with Gasteiger partial charge in [-0.2, -0.15) is 0 Å². The van der Waals surface area contributed by atoms with Gasteiger partial charge in [0.25, 0.3) is 0 Å². The zero-order valence-electron chi connectivity index (χ0n) is 11.2. The summed E-state index contributed by atoms with van der Waals surface area (Å²) in [5.41, 5.74) is 0.524. The van der Waals surface area contributed by atoms with Crippen molar-refractivity contribution in [1.82, 2.24) is 5.32 Å². The predicted octanol–water partition coefficient (Wildman–Crippen LogP) is 3.19. The monoisotopic (exact) mass is 265 g/mol. The summed E-state index contributed by atoms with van der Waals surface area (Å²) >= 11 is 0. The number of halogens is 1. The number of hydrogen-bond acceptors (Lipinski definition) is 2. The Balaban J connectivity index is 1.92. The van der Waals surface area contributed by atoms with Gasteiger partial charge in [-0.25, -0.2) is 9.18 Å². The molecule has 0 bridgehead atoms. The van der Waals surface area contributed by atoms with Crippen molar-refractivity contribution in [3.05, 3.63) is 35.1 Å². The van der Waals surface area contributed by atoms with E-state index in [-0.39, 0.29) is 5.56 Å². The molecule has 0 amide bonds. The van der Waals surface area contributed by atoms with E-state index in [1.54, 1.807) is 6.07 Å². The van der Waals surface area contributed by atoms with Crippen LogP contribution in [0.25, 0.3) is 0 Å². The zero-order valence-corrected chi connectivity index (χ0v) is 11.2. The number of carbonyl (C=O) groups is 1. The molecule has 1 saturated carbocycles. The van der Waals surface area contributed by atoms with E-state index in [9.17, 15) is 9.18 Å². The Morgan fingerprint density at radius 2 is 2.26 bits per heavy atom. The molecule has 0 aromatic heterocycles. The quantitative estimate of drug-likeness (QED) is 0.879. The molecule has 1 aromatic rings. The largest absolute Gasteiger partial charge is 0.478 e. The standard InChI is InChI=1S/C15H20FNO2/c1-10-3-2-4-12(7-10)17-9-11-5-6-13(15(18)19)14(16)8-11/h5-6,8,10,12,17H,2-4,7,9H2,1H3,(H,18,19). The minimum Gasteiger partial charge on any atom is -0.478 e. The van der Waals surface area contributed by atoms with Crippen LogP contribution >= 0.6 is 0 Å². The normalized spacial score (nSPS) is 23.3. The van der Waals surface area contributed by atoms with Crippen molar-refractivity contribution in [2.75, 3.05) is 0 Å². The van der Waals surface area contributed by atoms with E-state index in [1.807, 2.05) is 0 Å². The van der Waals surface area contributed by atoms with Crippen LogP contribution in [0.2, 0.25) is 0 Å². The Hall–Kier alpha value is -1.42. The molecule has 1 aromatic carbocycles. The first-order valence-electron chi connectivity index (χ1n) is 6.81. The number of rotatable bonds is 4. The van der Waals surface area contributed by atoms with E-state index in [2.05, 4.69) is 12.2 Å². The van der Waals surface area contributed by atoms with Crippen molar-refractivity contribution >= 4 is 5.97 Å². The second-order valence-corrected chi connectivity index (χ2v) is 5.47. The van der Waals surface area contributed by atoms with E-state index >= 15 is 0 Å². The lowest BCUT2D eigenvalue weighted by Gasteiger charge is -2.27. The molecule has 0 aliphatic heterocycles. The Morgan fingerprint density at radius 3 is 2.89 bits per heavy atom. The molecule has 2 atom stereocenters. The third-order valence-electron chi connectivity index (χ3n) is 3.80. The molecule has 19 heavy (non-hydrogen) atoms. The maximum Gasteiger partial charge on any atom is 0.338 e. The van der Waals surface area contributed by atoms with Gasteiger partial charge in [0, 0.05) is 12.6 Å². The van der Waals surface area contributed by atoms with Crippen LogP contribution in [-0.2, 0) is 6.54 Å². The Labute approximate surface area is 112 Å². The Kier molecular flexibility index (Phi) is 4.53. The number of aromatic carboxylic acids is 1. The molecule has 104 valence electrons. The fraction of sp³-hybridized carbons (Fsp3) is 0.533. The first-order chi connectivity index (χ1) is 9.06. The van der Waals surface area contributed by atoms with Crippen molar-refractivity contribution in [1.29, 1.82) is 0 Å². The number of nitrogens with one attached hydrogen (secondary N) is 1. The summed E-state index contributed by atoms with van der Waals surface area (Å²) in [4.78, 5) is 10.7. The molecule has 1 aliphatic rings. The van der Waals surface area contributed by atoms with Crippen molar-refractivity contribution in [3.8, 4) is 0 Å². The van der Waals surface area contributed by atoms with Crippen molar-refractivity contribution in [3.63, 3.8) is 0 Å². The van der Waals surface area contributed by atoms with Crippen LogP contribution < -0.4 is 5.32 Å². The molecule has 0 saturated heterocycles. The van der Waals surface area contributed by atoms with Gasteiger partial charge in [-0.15, -0.1) is 0 Å². The summed E-state index contributed by atoms with van der Waals surface area (Å²) < 4.78 is 13.5. The SMILES string of the molecule is CC1CCCC(NCc2ccc(C(=O)O)c(F)c2)C1. The topological polar surface area (TPSA) is 49.3 Å². The van der Waals surface area contributed by atoms with E-state index in [0.29, 0.717) is 12.6 Å². The van der Waals surface area contributed by atoms with Gasteiger partial charge in [-0.3, -0.25) is 0 Å². The summed E-state index contributed by atoms with van der Waals surface area (Å²) in [6.07, 6.45) is 4.86. The lowest BCUT2D eigenvalue weighted by Crippen LogP contribution is -2.33. The lowest BCUT2D eigenvalue weighted by atomic mass is 9.87. The van der Waals surface area contributed by atoms with Gasteiger partial charge in [0.15, 0.2) is 0 Å². The van der Waals surface area contributed by atoms with Crippen molar-refractivity contribution < 1.29 is 14.3 Å². The van der Waals surface area contributed by atoms with Crippen LogP contribution in [0.15, 0.2) is 18.2 Å². The third-order valence-corrected chi connectivity index (χ3v) is 3.80. The molecular weight excluding hydrogens is 245 g/mol. The first-order valence-corrected chi connectivity index (χ1v) is 6.81. The van der Waals surface area contributed by atoms with Crippen LogP contribution in [0.4, 0.5) is 4.39 Å². The molecule has 4 heteroatoms. The summed E-state index contributed by atoms with van der Waals surface area (Å²) in [7, 11) is 0. The van der Waals surface area contributed by atoms with E-state index in [4.69, 9.17) is 5.11 Å². The Bertz CT molecular complexity index is 461. The Morgan fingerprint density at radius 1 is 1.47 bits per heavy atom. The fourth-order valence-corrected chi connectivity index (χ4v) is 2.72. The highest BCUT2D eigenvalue weighted by Crippen LogP contribution is 2.23. The van der Waals surface area contributed by atoms with Gasteiger partial charge in [0.1, 0.15) is 5.82 Å². The third kappa shape index (κ3) is 3.77. The maximum atomic E-state index is 13.5. The molecule has 2 rings (SSSR count). The van der Waals surface area contributed by atoms with E-state index in [0.717, 1.165) is 17.9 Å². The number of carboxylic acid groups (broad SMARTS) is 1. The molecule has 0 spiro atoms. The van der Waals surface area contributed by atoms with Crippen molar-refractivity contribution in [2.45, 2.75) is 45.2 Å². The average molecular weight is 265 g/mol. The maximum absolute atomic E-state index is 13.5. The number of carboxylic acids is 1. The molecule has 0 heterocycles. The van der Waals surface area contributed by atoms with Gasteiger partial charge < -0.3 is 10.4 Å². The minimum atomic E-state index is -1.22. The fourth-order valence-electron chi connectivity index (χ4n) is 2.72. The first kappa shape index (κ1) is 14.0. The van der Waals surface area contributed by atoms with Gasteiger partial charge >= 0.3 is 5.97 Å². The van der Waals surface area contributed by atoms with Gasteiger partial charge in [-0.05, 0) is 36.5 Å². The van der Waals surface area contributed by atoms with Gasteiger partial charge in [0.05, 0.1) is 5.56 Å². The van der Waals surface area contributed by atoms with Crippen LogP contribution in [-0.4, -0.2) is 17.1 Å². The van der Waals surface area contributed by atoms with Crippen LogP contribution in [0.5, 0.6) is 0 Å². The molecule has 1 aliphatic carbocycles. The predicted molar refractivity (Wildman–Crippen MR) is 71.6 cm³/mol. The highest BCUT2D eigenvalue weighted by Gasteiger charge is 2.18. The molecule has 2 N–H and O–H groups in total. The van der Waals surface area contributed by atoms with Gasteiger partial charge in [0.2, 0.25) is 0 Å². The lowest BCUT2D eigenvalue weighted by molar-refractivity contribution is 0.0692. The van der Waals surface area contributed by atoms with Crippen LogP contribution in [0.1, 0.15) is 48.5 Å². The smallest absolute Gasteiger partial charge is 0.338 e. The van der Waals surface area contributed by atoms with Crippen LogP contribution in [0, 0.1) is 11.7 Å². The molecule has 0 radical (unpaired) electrons. The molecule has 1 fully saturated rings. The summed E-state index contributed by atoms with van der Waals surface area (Å²) in [5, 5.41) is 12.2. The summed E-state index contributed by atoms with van der Waals surface area (Å²) in [5.74, 6) is -1.14. The second kappa shape index (κ2) is 6.15. The number of benzene rings is 1.